The summed E-state index contributed by atoms with van der Waals surface area (Å²) in [5.74, 6) is 1.76. The minimum Gasteiger partial charge on any atom is -0.337 e. The molecule has 19 heavy (non-hydrogen) atoms. The first-order chi connectivity index (χ1) is 9.19. The number of hydrogen-bond acceptors (Lipinski definition) is 5. The van der Waals surface area contributed by atoms with Gasteiger partial charge in [0.1, 0.15) is 0 Å². The fourth-order valence-electron chi connectivity index (χ4n) is 2.67. The largest absolute Gasteiger partial charge is 0.337 e. The van der Waals surface area contributed by atoms with Crippen molar-refractivity contribution in [3.05, 3.63) is 18.3 Å². The molecule has 0 atom stereocenters. The van der Waals surface area contributed by atoms with E-state index >= 15 is 0 Å². The van der Waals surface area contributed by atoms with Crippen LogP contribution in [0.4, 0.5) is 0 Å². The van der Waals surface area contributed by atoms with Gasteiger partial charge < -0.3 is 14.8 Å². The lowest BCUT2D eigenvalue weighted by atomic mass is 9.91. The molecule has 0 amide bonds. The van der Waals surface area contributed by atoms with Gasteiger partial charge in [0, 0.05) is 19.4 Å². The first-order valence-corrected chi connectivity index (χ1v) is 6.80. The Morgan fingerprint density at radius 2 is 2.00 bits per heavy atom. The molecule has 2 aromatic heterocycles. The van der Waals surface area contributed by atoms with Crippen LogP contribution in [-0.2, 0) is 12.6 Å². The Bertz CT molecular complexity index is 551. The molecule has 1 fully saturated rings. The monoisotopic (exact) mass is 261 g/mol. The zero-order valence-electron chi connectivity index (χ0n) is 11.2. The molecule has 0 bridgehead atoms. The van der Waals surface area contributed by atoms with Crippen molar-refractivity contribution in [2.24, 2.45) is 12.8 Å². The van der Waals surface area contributed by atoms with Crippen LogP contribution in [0.1, 0.15) is 44.4 Å². The molecule has 0 unspecified atom stereocenters. The van der Waals surface area contributed by atoms with Gasteiger partial charge >= 0.3 is 0 Å². The summed E-state index contributed by atoms with van der Waals surface area (Å²) < 4.78 is 7.27. The molecule has 1 saturated carbocycles. The van der Waals surface area contributed by atoms with Crippen LogP contribution in [0.5, 0.6) is 0 Å². The Labute approximate surface area is 112 Å². The average molecular weight is 261 g/mol. The zero-order chi connectivity index (χ0) is 13.3. The lowest BCUT2D eigenvalue weighted by Crippen LogP contribution is -2.36. The molecule has 0 radical (unpaired) electrons. The second-order valence-electron chi connectivity index (χ2n) is 5.36. The topological polar surface area (TPSA) is 82.8 Å². The fraction of sp³-hybridized carbons (Fsp3) is 0.615. The standard InChI is InChI=1S/C13H19N5O/c1-18-9-8-15-11(18)10-16-12(19-17-10)13(14)6-4-2-3-5-7-13/h8-9H,2-7,14H2,1H3. The van der Waals surface area contributed by atoms with E-state index in [1.165, 1.54) is 12.8 Å². The first kappa shape index (κ1) is 12.3. The van der Waals surface area contributed by atoms with E-state index < -0.39 is 5.54 Å². The molecule has 102 valence electrons. The van der Waals surface area contributed by atoms with Crippen molar-refractivity contribution >= 4 is 0 Å². The summed E-state index contributed by atoms with van der Waals surface area (Å²) in [6.07, 6.45) is 10.1. The Balaban J connectivity index is 1.90. The summed E-state index contributed by atoms with van der Waals surface area (Å²) in [6, 6.07) is 0. The lowest BCUT2D eigenvalue weighted by Gasteiger charge is -2.22. The number of aromatic nitrogens is 4. The van der Waals surface area contributed by atoms with Crippen LogP contribution in [0, 0.1) is 0 Å². The predicted octanol–water partition coefficient (Wildman–Crippen LogP) is 1.98. The van der Waals surface area contributed by atoms with Crippen molar-refractivity contribution < 1.29 is 4.52 Å². The molecule has 2 N–H and O–H groups in total. The molecular formula is C13H19N5O. The summed E-state index contributed by atoms with van der Waals surface area (Å²) in [4.78, 5) is 8.69. The van der Waals surface area contributed by atoms with Crippen LogP contribution < -0.4 is 5.73 Å². The van der Waals surface area contributed by atoms with E-state index in [0.717, 1.165) is 25.7 Å². The van der Waals surface area contributed by atoms with Crippen molar-refractivity contribution in [1.82, 2.24) is 19.7 Å². The Kier molecular flexibility index (Phi) is 3.10. The van der Waals surface area contributed by atoms with Crippen LogP contribution >= 0.6 is 0 Å². The van der Waals surface area contributed by atoms with Gasteiger partial charge in [0.05, 0.1) is 5.54 Å². The van der Waals surface area contributed by atoms with Crippen molar-refractivity contribution in [2.75, 3.05) is 0 Å². The maximum absolute atomic E-state index is 6.46. The smallest absolute Gasteiger partial charge is 0.247 e. The maximum atomic E-state index is 6.46. The number of hydrogen-bond donors (Lipinski definition) is 1. The van der Waals surface area contributed by atoms with E-state index in [9.17, 15) is 0 Å². The van der Waals surface area contributed by atoms with E-state index in [4.69, 9.17) is 10.3 Å². The van der Waals surface area contributed by atoms with Gasteiger partial charge in [-0.25, -0.2) is 4.98 Å². The van der Waals surface area contributed by atoms with E-state index in [2.05, 4.69) is 15.1 Å². The van der Waals surface area contributed by atoms with Crippen LogP contribution in [0.25, 0.3) is 11.6 Å². The molecule has 0 aliphatic heterocycles. The fourth-order valence-corrected chi connectivity index (χ4v) is 2.67. The van der Waals surface area contributed by atoms with Gasteiger partial charge in [-0.1, -0.05) is 30.8 Å². The Hall–Kier alpha value is -1.69. The van der Waals surface area contributed by atoms with Crippen LogP contribution in [0.3, 0.4) is 0 Å². The van der Waals surface area contributed by atoms with Gasteiger partial charge in [0.15, 0.2) is 5.82 Å². The average Bonchev–Trinajstić information content (AvgIpc) is 2.97. The molecule has 1 aliphatic carbocycles. The molecule has 0 spiro atoms. The third kappa shape index (κ3) is 2.28. The van der Waals surface area contributed by atoms with Crippen molar-refractivity contribution in [1.29, 1.82) is 0 Å². The minimum absolute atomic E-state index is 0.465. The quantitative estimate of drug-likeness (QED) is 0.836. The number of nitrogens with two attached hydrogens (primary N) is 1. The molecule has 6 heteroatoms. The van der Waals surface area contributed by atoms with Gasteiger partial charge in [-0.05, 0) is 12.8 Å². The lowest BCUT2D eigenvalue weighted by molar-refractivity contribution is 0.257. The molecule has 6 nitrogen and oxygen atoms in total. The minimum atomic E-state index is -0.465. The number of imidazole rings is 1. The van der Waals surface area contributed by atoms with E-state index in [1.807, 2.05) is 17.8 Å². The highest BCUT2D eigenvalue weighted by Crippen LogP contribution is 2.33. The third-order valence-corrected chi connectivity index (χ3v) is 3.87. The maximum Gasteiger partial charge on any atom is 0.247 e. The first-order valence-electron chi connectivity index (χ1n) is 6.80. The molecule has 1 aliphatic rings. The van der Waals surface area contributed by atoms with Gasteiger partial charge in [-0.15, -0.1) is 0 Å². The van der Waals surface area contributed by atoms with E-state index in [-0.39, 0.29) is 0 Å². The zero-order valence-corrected chi connectivity index (χ0v) is 11.2. The summed E-state index contributed by atoms with van der Waals surface area (Å²) in [7, 11) is 1.90. The van der Waals surface area contributed by atoms with Crippen molar-refractivity contribution in [3.8, 4) is 11.6 Å². The molecular weight excluding hydrogens is 242 g/mol. The molecule has 0 aromatic carbocycles. The van der Waals surface area contributed by atoms with Gasteiger partial charge in [0.2, 0.25) is 11.7 Å². The van der Waals surface area contributed by atoms with Crippen molar-refractivity contribution in [2.45, 2.75) is 44.1 Å². The Morgan fingerprint density at radius 1 is 1.26 bits per heavy atom. The summed E-state index contributed by atoms with van der Waals surface area (Å²) in [5, 5.41) is 4.02. The summed E-state index contributed by atoms with van der Waals surface area (Å²) in [5.41, 5.74) is 6.00. The summed E-state index contributed by atoms with van der Waals surface area (Å²) >= 11 is 0. The molecule has 3 rings (SSSR count). The molecule has 2 aromatic rings. The van der Waals surface area contributed by atoms with Gasteiger partial charge in [-0.2, -0.15) is 4.98 Å². The number of aryl methyl sites for hydroxylation is 1. The molecule has 2 heterocycles. The van der Waals surface area contributed by atoms with Crippen LogP contribution in [0.2, 0.25) is 0 Å². The van der Waals surface area contributed by atoms with Gasteiger partial charge in [0.25, 0.3) is 0 Å². The number of rotatable bonds is 2. The predicted molar refractivity (Wildman–Crippen MR) is 70.1 cm³/mol. The number of nitrogens with zero attached hydrogens (tertiary/aromatic N) is 4. The van der Waals surface area contributed by atoms with E-state index in [1.54, 1.807) is 6.20 Å². The highest BCUT2D eigenvalue weighted by molar-refractivity contribution is 5.42. The highest BCUT2D eigenvalue weighted by Gasteiger charge is 2.34. The van der Waals surface area contributed by atoms with Crippen molar-refractivity contribution in [3.63, 3.8) is 0 Å². The normalized spacial score (nSPS) is 19.3. The second kappa shape index (κ2) is 4.77. The second-order valence-corrected chi connectivity index (χ2v) is 5.36. The SMILES string of the molecule is Cn1ccnc1-c1noc(C2(N)CCCCCC2)n1. The van der Waals surface area contributed by atoms with E-state index in [0.29, 0.717) is 17.5 Å². The van der Waals surface area contributed by atoms with Crippen LogP contribution in [-0.4, -0.2) is 19.7 Å². The summed E-state index contributed by atoms with van der Waals surface area (Å²) in [6.45, 7) is 0. The highest BCUT2D eigenvalue weighted by atomic mass is 16.5. The Morgan fingerprint density at radius 3 is 2.63 bits per heavy atom. The van der Waals surface area contributed by atoms with Crippen LogP contribution in [0.15, 0.2) is 16.9 Å². The third-order valence-electron chi connectivity index (χ3n) is 3.87. The van der Waals surface area contributed by atoms with Gasteiger partial charge in [-0.3, -0.25) is 0 Å². The molecule has 0 saturated heterocycles.